The van der Waals surface area contributed by atoms with Crippen LogP contribution < -0.4 is 0 Å². The molecule has 1 amide bonds. The van der Waals surface area contributed by atoms with Gasteiger partial charge in [0.25, 0.3) is 0 Å². The molecule has 0 saturated carbocycles. The molecule has 4 rings (SSSR count). The van der Waals surface area contributed by atoms with Crippen molar-refractivity contribution in [1.29, 1.82) is 0 Å². The third kappa shape index (κ3) is 5.18. The molecule has 0 aliphatic carbocycles. The number of piperidine rings is 1. The van der Waals surface area contributed by atoms with E-state index in [4.69, 9.17) is 0 Å². The van der Waals surface area contributed by atoms with Crippen LogP contribution in [-0.2, 0) is 17.9 Å². The predicted octanol–water partition coefficient (Wildman–Crippen LogP) is 2.00. The molecule has 2 aromatic heterocycles. The zero-order chi connectivity index (χ0) is 18.5. The van der Waals surface area contributed by atoms with E-state index >= 15 is 0 Å². The van der Waals surface area contributed by atoms with Crippen molar-refractivity contribution in [2.24, 2.45) is 5.92 Å². The SMILES string of the molecule is O=C(CN1CCC(Cn2cccn2)CC1)N1CCN(Cc2ccsc2)CC1. The molecule has 2 aromatic rings. The molecule has 0 aromatic carbocycles. The average Bonchev–Trinajstić information content (AvgIpc) is 3.38. The van der Waals surface area contributed by atoms with E-state index in [9.17, 15) is 4.79 Å². The maximum Gasteiger partial charge on any atom is 0.236 e. The van der Waals surface area contributed by atoms with Crippen LogP contribution in [0.4, 0.5) is 0 Å². The van der Waals surface area contributed by atoms with E-state index in [1.54, 1.807) is 11.3 Å². The monoisotopic (exact) mass is 387 g/mol. The molecule has 0 N–H and O–H groups in total. The number of aromatic nitrogens is 2. The Bertz CT molecular complexity index is 686. The number of rotatable bonds is 6. The summed E-state index contributed by atoms with van der Waals surface area (Å²) in [6.07, 6.45) is 6.19. The Balaban J connectivity index is 1.16. The van der Waals surface area contributed by atoms with Crippen molar-refractivity contribution < 1.29 is 4.79 Å². The van der Waals surface area contributed by atoms with Crippen molar-refractivity contribution >= 4 is 17.2 Å². The number of hydrogen-bond donors (Lipinski definition) is 0. The minimum Gasteiger partial charge on any atom is -0.339 e. The molecule has 0 unspecified atom stereocenters. The summed E-state index contributed by atoms with van der Waals surface area (Å²) < 4.78 is 2.03. The molecule has 2 fully saturated rings. The maximum absolute atomic E-state index is 12.7. The lowest BCUT2D eigenvalue weighted by atomic mass is 9.97. The molecule has 0 radical (unpaired) electrons. The molecule has 6 nitrogen and oxygen atoms in total. The van der Waals surface area contributed by atoms with Gasteiger partial charge < -0.3 is 4.90 Å². The summed E-state index contributed by atoms with van der Waals surface area (Å²) >= 11 is 1.75. The van der Waals surface area contributed by atoms with Gasteiger partial charge in [-0.3, -0.25) is 19.3 Å². The van der Waals surface area contributed by atoms with E-state index in [2.05, 4.69) is 36.6 Å². The van der Waals surface area contributed by atoms with E-state index in [0.717, 1.165) is 65.2 Å². The van der Waals surface area contributed by atoms with Gasteiger partial charge in [-0.1, -0.05) is 0 Å². The minimum absolute atomic E-state index is 0.302. The Morgan fingerprint density at radius 3 is 2.59 bits per heavy atom. The Labute approximate surface area is 165 Å². The van der Waals surface area contributed by atoms with Crippen molar-refractivity contribution in [3.63, 3.8) is 0 Å². The van der Waals surface area contributed by atoms with Gasteiger partial charge in [0, 0.05) is 51.7 Å². The number of hydrogen-bond acceptors (Lipinski definition) is 5. The first-order chi connectivity index (χ1) is 13.3. The van der Waals surface area contributed by atoms with E-state index < -0.39 is 0 Å². The van der Waals surface area contributed by atoms with Gasteiger partial charge in [-0.2, -0.15) is 16.4 Å². The summed E-state index contributed by atoms with van der Waals surface area (Å²) in [5.74, 6) is 0.979. The topological polar surface area (TPSA) is 44.6 Å². The molecular formula is C20H29N5OS. The van der Waals surface area contributed by atoms with Crippen molar-refractivity contribution in [2.45, 2.75) is 25.9 Å². The standard InChI is InChI=1S/C20H29N5OS/c26-20(24-11-9-23(10-12-24)14-19-4-13-27-17-19)16-22-7-2-18(3-8-22)15-25-6-1-5-21-25/h1,4-6,13,17-18H,2-3,7-12,14-16H2. The summed E-state index contributed by atoms with van der Waals surface area (Å²) in [5, 5.41) is 8.66. The lowest BCUT2D eigenvalue weighted by Crippen LogP contribution is -2.51. The molecule has 0 atom stereocenters. The first-order valence-electron chi connectivity index (χ1n) is 9.97. The highest BCUT2D eigenvalue weighted by Gasteiger charge is 2.25. The maximum atomic E-state index is 12.7. The highest BCUT2D eigenvalue weighted by atomic mass is 32.1. The number of thiophene rings is 1. The van der Waals surface area contributed by atoms with Gasteiger partial charge >= 0.3 is 0 Å². The van der Waals surface area contributed by atoms with Crippen LogP contribution in [0.1, 0.15) is 18.4 Å². The fourth-order valence-corrected chi connectivity index (χ4v) is 4.75. The normalized spacial score (nSPS) is 20.2. The van der Waals surface area contributed by atoms with Gasteiger partial charge in [-0.15, -0.1) is 0 Å². The van der Waals surface area contributed by atoms with Crippen LogP contribution in [0.5, 0.6) is 0 Å². The van der Waals surface area contributed by atoms with E-state index in [1.165, 1.54) is 5.56 Å². The third-order valence-corrected chi connectivity index (χ3v) is 6.51. The molecule has 146 valence electrons. The molecule has 2 saturated heterocycles. The second kappa shape index (κ2) is 8.99. The smallest absolute Gasteiger partial charge is 0.236 e. The van der Waals surface area contributed by atoms with E-state index in [1.807, 2.05) is 23.1 Å². The van der Waals surface area contributed by atoms with Crippen molar-refractivity contribution in [2.75, 3.05) is 45.8 Å². The number of carbonyl (C=O) groups is 1. The van der Waals surface area contributed by atoms with Crippen molar-refractivity contribution in [3.05, 3.63) is 40.8 Å². The number of piperazine rings is 1. The van der Waals surface area contributed by atoms with Gasteiger partial charge in [-0.25, -0.2) is 0 Å². The molecular weight excluding hydrogens is 358 g/mol. The summed E-state index contributed by atoms with van der Waals surface area (Å²) in [6, 6.07) is 4.17. The Morgan fingerprint density at radius 2 is 1.93 bits per heavy atom. The number of nitrogens with zero attached hydrogens (tertiary/aromatic N) is 5. The lowest BCUT2D eigenvalue weighted by Gasteiger charge is -2.37. The second-order valence-electron chi connectivity index (χ2n) is 7.74. The Hall–Kier alpha value is -1.70. The zero-order valence-corrected chi connectivity index (χ0v) is 16.7. The van der Waals surface area contributed by atoms with Crippen LogP contribution in [0.3, 0.4) is 0 Å². The van der Waals surface area contributed by atoms with Gasteiger partial charge in [-0.05, 0) is 60.3 Å². The highest BCUT2D eigenvalue weighted by molar-refractivity contribution is 7.07. The molecule has 0 spiro atoms. The first kappa shape index (κ1) is 18.7. The molecule has 2 aliphatic rings. The van der Waals surface area contributed by atoms with E-state index in [0.29, 0.717) is 18.4 Å². The van der Waals surface area contributed by atoms with Crippen LogP contribution in [0.15, 0.2) is 35.3 Å². The zero-order valence-electron chi connectivity index (χ0n) is 15.9. The van der Waals surface area contributed by atoms with Crippen LogP contribution in [0.2, 0.25) is 0 Å². The van der Waals surface area contributed by atoms with Crippen LogP contribution in [0, 0.1) is 5.92 Å². The van der Waals surface area contributed by atoms with E-state index in [-0.39, 0.29) is 0 Å². The number of amides is 1. The van der Waals surface area contributed by atoms with Crippen molar-refractivity contribution in [3.8, 4) is 0 Å². The highest BCUT2D eigenvalue weighted by Crippen LogP contribution is 2.19. The molecule has 2 aliphatic heterocycles. The summed E-state index contributed by atoms with van der Waals surface area (Å²) in [4.78, 5) is 19.5. The van der Waals surface area contributed by atoms with Crippen LogP contribution in [-0.4, -0.2) is 76.2 Å². The fraction of sp³-hybridized carbons (Fsp3) is 0.600. The second-order valence-corrected chi connectivity index (χ2v) is 8.52. The van der Waals surface area contributed by atoms with Crippen LogP contribution >= 0.6 is 11.3 Å². The predicted molar refractivity (Wildman–Crippen MR) is 108 cm³/mol. The Kier molecular flexibility index (Phi) is 6.21. The van der Waals surface area contributed by atoms with Gasteiger partial charge in [0.05, 0.1) is 6.54 Å². The molecule has 7 heteroatoms. The summed E-state index contributed by atoms with van der Waals surface area (Å²) in [6.45, 7) is 8.32. The molecule has 0 bridgehead atoms. The van der Waals surface area contributed by atoms with Gasteiger partial charge in [0.15, 0.2) is 0 Å². The fourth-order valence-electron chi connectivity index (χ4n) is 4.09. The van der Waals surface area contributed by atoms with Crippen LogP contribution in [0.25, 0.3) is 0 Å². The molecule has 4 heterocycles. The average molecular weight is 388 g/mol. The summed E-state index contributed by atoms with van der Waals surface area (Å²) in [5.41, 5.74) is 1.39. The largest absolute Gasteiger partial charge is 0.339 e. The number of carbonyl (C=O) groups excluding carboxylic acids is 1. The van der Waals surface area contributed by atoms with Gasteiger partial charge in [0.2, 0.25) is 5.91 Å². The van der Waals surface area contributed by atoms with Gasteiger partial charge in [0.1, 0.15) is 0 Å². The molecule has 27 heavy (non-hydrogen) atoms. The Morgan fingerprint density at radius 1 is 1.11 bits per heavy atom. The minimum atomic E-state index is 0.302. The number of likely N-dealkylation sites (tertiary alicyclic amines) is 1. The van der Waals surface area contributed by atoms with Crippen molar-refractivity contribution in [1.82, 2.24) is 24.5 Å². The first-order valence-corrected chi connectivity index (χ1v) is 10.9. The third-order valence-electron chi connectivity index (χ3n) is 5.78. The lowest BCUT2D eigenvalue weighted by molar-refractivity contribution is -0.134. The quantitative estimate of drug-likeness (QED) is 0.761. The summed E-state index contributed by atoms with van der Waals surface area (Å²) in [7, 11) is 0.